The number of halogens is 1. The monoisotopic (exact) mass is 588 g/mol. The molecule has 1 saturated heterocycles. The molecule has 1 N–H and O–H groups in total. The Morgan fingerprint density at radius 2 is 1.90 bits per heavy atom. The number of anilines is 3. The molecule has 0 atom stereocenters. The quantitative estimate of drug-likeness (QED) is 0.222. The fraction of sp³-hybridized carbons (Fsp3) is 0.312. The molecule has 1 aliphatic heterocycles. The first kappa shape index (κ1) is 28.4. The van der Waals surface area contributed by atoms with Crippen LogP contribution in [-0.2, 0) is 6.54 Å². The maximum Gasteiger partial charge on any atom is 0.258 e. The summed E-state index contributed by atoms with van der Waals surface area (Å²) in [5, 5.41) is 3.05. The summed E-state index contributed by atoms with van der Waals surface area (Å²) in [6.45, 7) is 11.1. The number of amides is 1. The molecule has 1 aromatic heterocycles. The predicted octanol–water partition coefficient (Wildman–Crippen LogP) is 7.48. The van der Waals surface area contributed by atoms with Crippen LogP contribution in [0, 0.1) is 5.92 Å². The highest BCUT2D eigenvalue weighted by molar-refractivity contribution is 9.10. The maximum atomic E-state index is 13.5. The third-order valence-electron chi connectivity index (χ3n) is 7.10. The summed E-state index contributed by atoms with van der Waals surface area (Å²) in [5.74, 6) is 2.65. The number of methoxy groups -OCH3 is 1. The first-order chi connectivity index (χ1) is 19.0. The van der Waals surface area contributed by atoms with Gasteiger partial charge in [0, 0.05) is 30.7 Å². The van der Waals surface area contributed by atoms with Gasteiger partial charge >= 0.3 is 0 Å². The number of ether oxygens (including phenoxy) is 1. The molecule has 0 bridgehead atoms. The molecule has 0 unspecified atom stereocenters. The SMILES string of the molecule is C=CCCN(Cc1ccc(OC)cc1)c1cccc(NC(=O)c2ccc(Br)cc2N2CCC(CC=C)CC2)n1. The summed E-state index contributed by atoms with van der Waals surface area (Å²) in [5.41, 5.74) is 2.74. The van der Waals surface area contributed by atoms with E-state index in [2.05, 4.69) is 56.3 Å². The molecule has 1 fully saturated rings. The smallest absolute Gasteiger partial charge is 0.258 e. The maximum absolute atomic E-state index is 13.5. The zero-order chi connectivity index (χ0) is 27.6. The van der Waals surface area contributed by atoms with E-state index in [4.69, 9.17) is 9.72 Å². The second-order valence-electron chi connectivity index (χ2n) is 9.80. The van der Waals surface area contributed by atoms with Crippen LogP contribution >= 0.6 is 15.9 Å². The molecule has 1 aliphatic rings. The summed E-state index contributed by atoms with van der Waals surface area (Å²) in [6, 6.07) is 19.6. The summed E-state index contributed by atoms with van der Waals surface area (Å²) in [7, 11) is 1.67. The number of allylic oxidation sites excluding steroid dienone is 1. The zero-order valence-corrected chi connectivity index (χ0v) is 24.2. The lowest BCUT2D eigenvalue weighted by Gasteiger charge is -2.34. The van der Waals surface area contributed by atoms with Crippen LogP contribution in [0.25, 0.3) is 0 Å². The Bertz CT molecular complexity index is 1270. The lowest BCUT2D eigenvalue weighted by Crippen LogP contribution is -2.35. The number of hydrogen-bond donors (Lipinski definition) is 1. The van der Waals surface area contributed by atoms with Gasteiger partial charge in [-0.1, -0.05) is 46.3 Å². The van der Waals surface area contributed by atoms with Crippen LogP contribution in [0.3, 0.4) is 0 Å². The van der Waals surface area contributed by atoms with Gasteiger partial charge in [0.15, 0.2) is 0 Å². The fourth-order valence-electron chi connectivity index (χ4n) is 4.93. The minimum absolute atomic E-state index is 0.164. The number of hydrogen-bond acceptors (Lipinski definition) is 5. The molecule has 3 aromatic rings. The number of carbonyl (C=O) groups excluding carboxylic acids is 1. The topological polar surface area (TPSA) is 57.7 Å². The molecular weight excluding hydrogens is 552 g/mol. The number of aromatic nitrogens is 1. The number of nitrogens with one attached hydrogen (secondary N) is 1. The first-order valence-electron chi connectivity index (χ1n) is 13.4. The lowest BCUT2D eigenvalue weighted by atomic mass is 9.93. The molecule has 0 spiro atoms. The standard InChI is InChI=1S/C32H37BrN4O2/c1-4-6-19-37(23-25-11-14-27(39-3)15-12-25)31-10-7-9-30(34-31)35-32(38)28-16-13-26(33)22-29(28)36-20-17-24(8-5-2)18-21-36/h4-5,7,9-16,22,24H,1-2,6,8,17-21,23H2,3H3,(H,34,35,38). The van der Waals surface area contributed by atoms with Crippen LogP contribution in [0.2, 0.25) is 0 Å². The van der Waals surface area contributed by atoms with Crippen LogP contribution in [0.15, 0.2) is 90.4 Å². The Hall–Kier alpha value is -3.58. The van der Waals surface area contributed by atoms with E-state index >= 15 is 0 Å². The fourth-order valence-corrected chi connectivity index (χ4v) is 5.28. The van der Waals surface area contributed by atoms with Gasteiger partial charge in [-0.25, -0.2) is 4.98 Å². The first-order valence-corrected chi connectivity index (χ1v) is 14.2. The molecule has 0 radical (unpaired) electrons. The van der Waals surface area contributed by atoms with Crippen LogP contribution < -0.4 is 19.9 Å². The summed E-state index contributed by atoms with van der Waals surface area (Å²) in [4.78, 5) is 22.8. The van der Waals surface area contributed by atoms with E-state index in [-0.39, 0.29) is 5.91 Å². The Morgan fingerprint density at radius 1 is 1.13 bits per heavy atom. The van der Waals surface area contributed by atoms with E-state index in [9.17, 15) is 4.79 Å². The second-order valence-corrected chi connectivity index (χ2v) is 10.7. The van der Waals surface area contributed by atoms with Crippen molar-refractivity contribution in [2.24, 2.45) is 5.92 Å². The second kappa shape index (κ2) is 14.0. The largest absolute Gasteiger partial charge is 0.497 e. The van der Waals surface area contributed by atoms with Gasteiger partial charge in [0.05, 0.1) is 18.4 Å². The molecule has 7 heteroatoms. The zero-order valence-electron chi connectivity index (χ0n) is 22.6. The number of benzene rings is 2. The minimum atomic E-state index is -0.164. The summed E-state index contributed by atoms with van der Waals surface area (Å²) >= 11 is 3.59. The molecule has 4 rings (SSSR count). The van der Waals surface area contributed by atoms with Crippen LogP contribution in [0.5, 0.6) is 5.75 Å². The molecule has 6 nitrogen and oxygen atoms in total. The average Bonchev–Trinajstić information content (AvgIpc) is 2.96. The number of piperidine rings is 1. The highest BCUT2D eigenvalue weighted by Gasteiger charge is 2.23. The van der Waals surface area contributed by atoms with Crippen molar-refractivity contribution >= 4 is 39.2 Å². The van der Waals surface area contributed by atoms with Gasteiger partial charge in [0.25, 0.3) is 5.91 Å². The number of carbonyl (C=O) groups is 1. The van der Waals surface area contributed by atoms with Crippen LogP contribution in [0.1, 0.15) is 41.6 Å². The third kappa shape index (κ3) is 7.73. The Balaban J connectivity index is 1.51. The highest BCUT2D eigenvalue weighted by Crippen LogP contribution is 2.31. The van der Waals surface area contributed by atoms with E-state index in [0.717, 1.165) is 72.6 Å². The molecule has 204 valence electrons. The van der Waals surface area contributed by atoms with Gasteiger partial charge in [-0.2, -0.15) is 0 Å². The van der Waals surface area contributed by atoms with E-state index in [1.165, 1.54) is 0 Å². The van der Waals surface area contributed by atoms with Crippen molar-refractivity contribution in [3.05, 3.63) is 102 Å². The molecule has 0 saturated carbocycles. The van der Waals surface area contributed by atoms with Gasteiger partial charge in [-0.05, 0) is 79.6 Å². The predicted molar refractivity (Wildman–Crippen MR) is 165 cm³/mol. The van der Waals surface area contributed by atoms with Gasteiger partial charge in [0.2, 0.25) is 0 Å². The molecule has 2 heterocycles. The highest BCUT2D eigenvalue weighted by atomic mass is 79.9. The van der Waals surface area contributed by atoms with Gasteiger partial charge < -0.3 is 19.9 Å². The van der Waals surface area contributed by atoms with Crippen molar-refractivity contribution in [2.75, 3.05) is 41.9 Å². The van der Waals surface area contributed by atoms with Gasteiger partial charge in [-0.15, -0.1) is 13.2 Å². The van der Waals surface area contributed by atoms with Gasteiger partial charge in [-0.3, -0.25) is 4.79 Å². The van der Waals surface area contributed by atoms with Gasteiger partial charge in [0.1, 0.15) is 17.4 Å². The van der Waals surface area contributed by atoms with Crippen molar-refractivity contribution in [1.29, 1.82) is 0 Å². The summed E-state index contributed by atoms with van der Waals surface area (Å²) < 4.78 is 6.25. The average molecular weight is 590 g/mol. The molecule has 39 heavy (non-hydrogen) atoms. The van der Waals surface area contributed by atoms with Crippen molar-refractivity contribution < 1.29 is 9.53 Å². The molecule has 1 amide bonds. The van der Waals surface area contributed by atoms with E-state index < -0.39 is 0 Å². The minimum Gasteiger partial charge on any atom is -0.497 e. The van der Waals surface area contributed by atoms with Crippen LogP contribution in [0.4, 0.5) is 17.3 Å². The van der Waals surface area contributed by atoms with Crippen molar-refractivity contribution in [1.82, 2.24) is 4.98 Å². The van der Waals surface area contributed by atoms with Crippen LogP contribution in [-0.4, -0.2) is 37.6 Å². The normalized spacial score (nSPS) is 13.5. The summed E-state index contributed by atoms with van der Waals surface area (Å²) in [6.07, 6.45) is 7.97. The van der Waals surface area contributed by atoms with E-state index in [0.29, 0.717) is 23.8 Å². The Kier molecular flexibility index (Phi) is 10.2. The van der Waals surface area contributed by atoms with E-state index in [1.54, 1.807) is 7.11 Å². The lowest BCUT2D eigenvalue weighted by molar-refractivity contribution is 0.102. The molecular formula is C32H37BrN4O2. The molecule has 2 aromatic carbocycles. The number of nitrogens with zero attached hydrogens (tertiary/aromatic N) is 3. The Labute approximate surface area is 240 Å². The Morgan fingerprint density at radius 3 is 2.59 bits per heavy atom. The number of pyridine rings is 1. The number of rotatable bonds is 12. The van der Waals surface area contributed by atoms with E-state index in [1.807, 2.05) is 60.7 Å². The van der Waals surface area contributed by atoms with Crippen molar-refractivity contribution in [2.45, 2.75) is 32.2 Å². The van der Waals surface area contributed by atoms with Crippen molar-refractivity contribution in [3.63, 3.8) is 0 Å². The molecule has 0 aliphatic carbocycles. The van der Waals surface area contributed by atoms with Crippen molar-refractivity contribution in [3.8, 4) is 5.75 Å². The third-order valence-corrected chi connectivity index (χ3v) is 7.59.